The summed E-state index contributed by atoms with van der Waals surface area (Å²) in [7, 11) is 0. The van der Waals surface area contributed by atoms with Crippen LogP contribution in [0.25, 0.3) is 17.1 Å². The Labute approximate surface area is 205 Å². The van der Waals surface area contributed by atoms with Crippen LogP contribution in [0.3, 0.4) is 0 Å². The fourth-order valence-electron chi connectivity index (χ4n) is 3.67. The number of carbonyl (C=O) groups excluding carboxylic acids is 1. The second-order valence-corrected chi connectivity index (χ2v) is 9.23. The Morgan fingerprint density at radius 2 is 1.79 bits per heavy atom. The van der Waals surface area contributed by atoms with Gasteiger partial charge in [-0.05, 0) is 63.7 Å². The molecule has 8 heteroatoms. The lowest BCUT2D eigenvalue weighted by atomic mass is 10.2. The van der Waals surface area contributed by atoms with Gasteiger partial charge in [-0.15, -0.1) is 10.2 Å². The Morgan fingerprint density at radius 1 is 1.09 bits per heavy atom. The molecule has 6 nitrogen and oxygen atoms in total. The molecular weight excluding hydrogens is 454 g/mol. The fraction of sp³-hybridized carbons (Fsp3) is 0.400. The van der Waals surface area contributed by atoms with Crippen molar-refractivity contribution in [2.24, 2.45) is 0 Å². The van der Waals surface area contributed by atoms with Gasteiger partial charge < -0.3 is 10.2 Å². The molecule has 3 rings (SSSR count). The molecule has 0 spiro atoms. The zero-order valence-corrected chi connectivity index (χ0v) is 21.1. The van der Waals surface area contributed by atoms with Gasteiger partial charge in [-0.2, -0.15) is 0 Å². The van der Waals surface area contributed by atoms with E-state index < -0.39 is 0 Å². The summed E-state index contributed by atoms with van der Waals surface area (Å²) in [5.74, 6) is 0.921. The molecule has 3 aromatic rings. The van der Waals surface area contributed by atoms with Crippen LogP contribution in [0.2, 0.25) is 5.02 Å². The van der Waals surface area contributed by atoms with E-state index in [1.54, 1.807) is 0 Å². The van der Waals surface area contributed by atoms with Gasteiger partial charge in [0, 0.05) is 17.3 Å². The molecule has 1 amide bonds. The smallest absolute Gasteiger partial charge is 0.230 e. The number of carbonyl (C=O) groups is 1. The minimum Gasteiger partial charge on any atom is -0.353 e. The first kappa shape index (κ1) is 25.3. The highest BCUT2D eigenvalue weighted by Gasteiger charge is 2.19. The Balaban J connectivity index is 1.66. The summed E-state index contributed by atoms with van der Waals surface area (Å²) >= 11 is 7.81. The number of hydrogen-bond acceptors (Lipinski definition) is 5. The van der Waals surface area contributed by atoms with Crippen molar-refractivity contribution >= 4 is 29.3 Å². The van der Waals surface area contributed by atoms with Crippen molar-refractivity contribution in [1.29, 1.82) is 0 Å². The number of halogens is 1. The van der Waals surface area contributed by atoms with E-state index in [1.807, 2.05) is 59.2 Å². The SMILES string of the molecule is CCN(CC)CCCC(C)NC(=O)CSc1nnc(-c2ccccc2Cl)n1-c1ccccc1. The molecule has 33 heavy (non-hydrogen) atoms. The number of nitrogens with zero attached hydrogens (tertiary/aromatic N) is 4. The van der Waals surface area contributed by atoms with Crippen LogP contribution >= 0.6 is 23.4 Å². The first-order valence-electron chi connectivity index (χ1n) is 11.4. The predicted molar refractivity (Wildman–Crippen MR) is 137 cm³/mol. The highest BCUT2D eigenvalue weighted by Crippen LogP contribution is 2.31. The van der Waals surface area contributed by atoms with Crippen LogP contribution in [0, 0.1) is 0 Å². The highest BCUT2D eigenvalue weighted by molar-refractivity contribution is 7.99. The number of hydrogen-bond donors (Lipinski definition) is 1. The highest BCUT2D eigenvalue weighted by atomic mass is 35.5. The van der Waals surface area contributed by atoms with E-state index in [1.165, 1.54) is 11.8 Å². The second kappa shape index (κ2) is 12.8. The van der Waals surface area contributed by atoms with E-state index in [9.17, 15) is 4.79 Å². The number of para-hydroxylation sites is 1. The molecule has 0 saturated carbocycles. The minimum absolute atomic E-state index is 0.00255. The number of nitrogens with one attached hydrogen (secondary N) is 1. The summed E-state index contributed by atoms with van der Waals surface area (Å²) < 4.78 is 1.95. The van der Waals surface area contributed by atoms with E-state index in [2.05, 4.69) is 41.2 Å². The molecule has 0 aliphatic rings. The monoisotopic (exact) mass is 485 g/mol. The maximum atomic E-state index is 12.6. The molecule has 1 atom stereocenters. The van der Waals surface area contributed by atoms with Gasteiger partial charge in [0.15, 0.2) is 11.0 Å². The van der Waals surface area contributed by atoms with E-state index in [0.717, 1.165) is 43.7 Å². The van der Waals surface area contributed by atoms with E-state index in [4.69, 9.17) is 11.6 Å². The van der Waals surface area contributed by atoms with Gasteiger partial charge in [0.25, 0.3) is 0 Å². The number of thioether (sulfide) groups is 1. The average Bonchev–Trinajstić information content (AvgIpc) is 3.25. The zero-order valence-electron chi connectivity index (χ0n) is 19.5. The lowest BCUT2D eigenvalue weighted by Crippen LogP contribution is -2.34. The molecule has 176 valence electrons. The van der Waals surface area contributed by atoms with Crippen molar-refractivity contribution in [3.05, 3.63) is 59.6 Å². The molecule has 1 aromatic heterocycles. The molecule has 2 aromatic carbocycles. The molecule has 0 bridgehead atoms. The minimum atomic E-state index is -0.00255. The van der Waals surface area contributed by atoms with Gasteiger partial charge in [0.2, 0.25) is 5.91 Å². The molecule has 0 fully saturated rings. The van der Waals surface area contributed by atoms with Crippen molar-refractivity contribution < 1.29 is 4.79 Å². The van der Waals surface area contributed by atoms with Crippen molar-refractivity contribution in [3.8, 4) is 17.1 Å². The molecule has 0 aliphatic carbocycles. The summed E-state index contributed by atoms with van der Waals surface area (Å²) in [5.41, 5.74) is 1.72. The van der Waals surface area contributed by atoms with E-state index in [-0.39, 0.29) is 17.7 Å². The van der Waals surface area contributed by atoms with Gasteiger partial charge in [0.05, 0.1) is 10.8 Å². The lowest BCUT2D eigenvalue weighted by Gasteiger charge is -2.19. The van der Waals surface area contributed by atoms with E-state index >= 15 is 0 Å². The number of benzene rings is 2. The van der Waals surface area contributed by atoms with Crippen molar-refractivity contribution in [2.45, 2.75) is 44.8 Å². The van der Waals surface area contributed by atoms with Gasteiger partial charge in [-0.3, -0.25) is 9.36 Å². The van der Waals surface area contributed by atoms with Crippen molar-refractivity contribution in [2.75, 3.05) is 25.4 Å². The third-order valence-corrected chi connectivity index (χ3v) is 6.77. The maximum absolute atomic E-state index is 12.6. The summed E-state index contributed by atoms with van der Waals surface area (Å²) in [5, 5.41) is 13.2. The first-order chi connectivity index (χ1) is 16.0. The van der Waals surface area contributed by atoms with Gasteiger partial charge in [-0.1, -0.05) is 67.5 Å². The molecular formula is C25H32ClN5OS. The standard InChI is InChI=1S/C25H32ClN5OS/c1-4-30(5-2)17-11-12-19(3)27-23(32)18-33-25-29-28-24(21-15-9-10-16-22(21)26)31(25)20-13-7-6-8-14-20/h6-10,13-16,19H,4-5,11-12,17-18H2,1-3H3,(H,27,32). The van der Waals surface area contributed by atoms with Crippen LogP contribution in [0.4, 0.5) is 0 Å². The van der Waals surface area contributed by atoms with Crippen molar-refractivity contribution in [1.82, 2.24) is 25.0 Å². The third-order valence-electron chi connectivity index (χ3n) is 5.51. The molecule has 1 N–H and O–H groups in total. The number of aromatic nitrogens is 3. The third kappa shape index (κ3) is 7.06. The molecule has 1 unspecified atom stereocenters. The second-order valence-electron chi connectivity index (χ2n) is 7.88. The van der Waals surface area contributed by atoms with Crippen molar-refractivity contribution in [3.63, 3.8) is 0 Å². The van der Waals surface area contributed by atoms with Crippen LogP contribution < -0.4 is 5.32 Å². The fourth-order valence-corrected chi connectivity index (χ4v) is 4.65. The van der Waals surface area contributed by atoms with Gasteiger partial charge in [0.1, 0.15) is 0 Å². The summed E-state index contributed by atoms with van der Waals surface area (Å²) in [6.45, 7) is 9.60. The number of amides is 1. The van der Waals surface area contributed by atoms with Crippen LogP contribution in [-0.4, -0.2) is 57.0 Å². The summed E-state index contributed by atoms with van der Waals surface area (Å²) in [6.07, 6.45) is 2.03. The predicted octanol–water partition coefficient (Wildman–Crippen LogP) is 5.31. The topological polar surface area (TPSA) is 63.1 Å². The number of rotatable bonds is 12. The largest absolute Gasteiger partial charge is 0.353 e. The molecule has 1 heterocycles. The molecule has 0 saturated heterocycles. The molecule has 0 aliphatic heterocycles. The first-order valence-corrected chi connectivity index (χ1v) is 12.8. The van der Waals surface area contributed by atoms with Crippen LogP contribution in [0.15, 0.2) is 59.8 Å². The van der Waals surface area contributed by atoms with Crippen LogP contribution in [0.5, 0.6) is 0 Å². The Morgan fingerprint density at radius 3 is 2.48 bits per heavy atom. The Kier molecular flexibility index (Phi) is 9.78. The quantitative estimate of drug-likeness (QED) is 0.352. The Bertz CT molecular complexity index is 1020. The normalized spacial score (nSPS) is 12.2. The van der Waals surface area contributed by atoms with E-state index in [0.29, 0.717) is 16.0 Å². The maximum Gasteiger partial charge on any atom is 0.230 e. The Hall–Kier alpha value is -2.35. The average molecular weight is 486 g/mol. The summed E-state index contributed by atoms with van der Waals surface area (Å²) in [4.78, 5) is 15.0. The zero-order chi connectivity index (χ0) is 23.6. The van der Waals surface area contributed by atoms with Gasteiger partial charge >= 0.3 is 0 Å². The lowest BCUT2D eigenvalue weighted by molar-refractivity contribution is -0.119. The van der Waals surface area contributed by atoms with Gasteiger partial charge in [-0.25, -0.2) is 0 Å². The summed E-state index contributed by atoms with van der Waals surface area (Å²) in [6, 6.07) is 17.6. The van der Waals surface area contributed by atoms with Crippen LogP contribution in [-0.2, 0) is 4.79 Å². The van der Waals surface area contributed by atoms with Crippen LogP contribution in [0.1, 0.15) is 33.6 Å². The molecule has 0 radical (unpaired) electrons.